The maximum atomic E-state index is 11.0. The lowest BCUT2D eigenvalue weighted by Gasteiger charge is -2.10. The van der Waals surface area contributed by atoms with Crippen LogP contribution in [0.1, 0.15) is 26.7 Å². The number of allylic oxidation sites excluding steroid dienone is 2. The minimum Gasteiger partial charge on any atom is -0.481 e. The van der Waals surface area contributed by atoms with Crippen molar-refractivity contribution in [3.8, 4) is 0 Å². The predicted molar refractivity (Wildman–Crippen MR) is 58.8 cm³/mol. The third-order valence-corrected chi connectivity index (χ3v) is 2.39. The molecule has 0 aromatic rings. The summed E-state index contributed by atoms with van der Waals surface area (Å²) in [4.78, 5) is 21.8. The monoisotopic (exact) mass is 224 g/mol. The number of carboxylic acid groups (broad SMARTS) is 1. The fraction of sp³-hybridized carbons (Fsp3) is 0.500. The number of hydrogen-bond donors (Lipinski definition) is 1. The normalized spacial score (nSPS) is 16.4. The van der Waals surface area contributed by atoms with E-state index in [-0.39, 0.29) is 12.6 Å². The Morgan fingerprint density at radius 2 is 2.31 bits per heavy atom. The van der Waals surface area contributed by atoms with Gasteiger partial charge >= 0.3 is 11.9 Å². The largest absolute Gasteiger partial charge is 0.481 e. The summed E-state index contributed by atoms with van der Waals surface area (Å²) in [6, 6.07) is 0. The Hall–Kier alpha value is -1.58. The quantitative estimate of drug-likeness (QED) is 0.572. The number of rotatable bonds is 5. The van der Waals surface area contributed by atoms with Crippen LogP contribution in [0.5, 0.6) is 0 Å². The van der Waals surface area contributed by atoms with Crippen molar-refractivity contribution in [3.63, 3.8) is 0 Å². The Morgan fingerprint density at radius 3 is 2.75 bits per heavy atom. The van der Waals surface area contributed by atoms with Gasteiger partial charge in [-0.3, -0.25) is 4.79 Å². The molecule has 0 aliphatic carbocycles. The van der Waals surface area contributed by atoms with Gasteiger partial charge in [0.05, 0.1) is 5.92 Å². The van der Waals surface area contributed by atoms with Gasteiger partial charge in [0.1, 0.15) is 6.61 Å². The van der Waals surface area contributed by atoms with Gasteiger partial charge in [-0.15, -0.1) is 0 Å². The van der Waals surface area contributed by atoms with E-state index in [0.717, 1.165) is 11.1 Å². The molecule has 0 fully saturated rings. The van der Waals surface area contributed by atoms with Gasteiger partial charge in [0.2, 0.25) is 0 Å². The molecule has 0 aromatic carbocycles. The van der Waals surface area contributed by atoms with Crippen molar-refractivity contribution < 1.29 is 19.4 Å². The summed E-state index contributed by atoms with van der Waals surface area (Å²) in [7, 11) is 0. The SMILES string of the molecule is CC(C)=CC[C@H](CC1=CC(=O)OC1)C(=O)O. The van der Waals surface area contributed by atoms with Gasteiger partial charge in [0, 0.05) is 6.08 Å². The first kappa shape index (κ1) is 12.5. The van der Waals surface area contributed by atoms with Crippen LogP contribution in [0.3, 0.4) is 0 Å². The van der Waals surface area contributed by atoms with E-state index in [2.05, 4.69) is 0 Å². The van der Waals surface area contributed by atoms with E-state index in [4.69, 9.17) is 9.84 Å². The van der Waals surface area contributed by atoms with Crippen LogP contribution < -0.4 is 0 Å². The van der Waals surface area contributed by atoms with Gasteiger partial charge in [-0.2, -0.15) is 0 Å². The number of cyclic esters (lactones) is 1. The number of aliphatic carboxylic acids is 1. The summed E-state index contributed by atoms with van der Waals surface area (Å²) in [5, 5.41) is 9.03. The molecule has 0 saturated carbocycles. The van der Waals surface area contributed by atoms with E-state index >= 15 is 0 Å². The van der Waals surface area contributed by atoms with Crippen LogP contribution in [0.25, 0.3) is 0 Å². The molecule has 88 valence electrons. The Morgan fingerprint density at radius 1 is 1.62 bits per heavy atom. The molecule has 0 spiro atoms. The summed E-state index contributed by atoms with van der Waals surface area (Å²) in [6.07, 6.45) is 4.16. The van der Waals surface area contributed by atoms with Crippen LogP contribution in [0, 0.1) is 5.92 Å². The molecule has 0 unspecified atom stereocenters. The average Bonchev–Trinajstić information content (AvgIpc) is 2.57. The molecular weight excluding hydrogens is 208 g/mol. The second-order valence-corrected chi connectivity index (χ2v) is 4.17. The fourth-order valence-corrected chi connectivity index (χ4v) is 1.50. The zero-order valence-corrected chi connectivity index (χ0v) is 9.53. The highest BCUT2D eigenvalue weighted by Gasteiger charge is 2.21. The average molecular weight is 224 g/mol. The molecule has 1 atom stereocenters. The lowest BCUT2D eigenvalue weighted by Crippen LogP contribution is -2.14. The van der Waals surface area contributed by atoms with Gasteiger partial charge in [-0.05, 0) is 32.3 Å². The molecule has 1 N–H and O–H groups in total. The van der Waals surface area contributed by atoms with Crippen LogP contribution in [-0.2, 0) is 14.3 Å². The van der Waals surface area contributed by atoms with Crippen molar-refractivity contribution in [2.75, 3.05) is 6.61 Å². The molecule has 0 amide bonds. The van der Waals surface area contributed by atoms with Crippen molar-refractivity contribution in [1.29, 1.82) is 0 Å². The van der Waals surface area contributed by atoms with E-state index in [9.17, 15) is 9.59 Å². The highest BCUT2D eigenvalue weighted by Crippen LogP contribution is 2.20. The Kier molecular flexibility index (Phi) is 4.28. The van der Waals surface area contributed by atoms with E-state index < -0.39 is 11.9 Å². The van der Waals surface area contributed by atoms with E-state index in [1.807, 2.05) is 19.9 Å². The van der Waals surface area contributed by atoms with E-state index in [1.165, 1.54) is 6.08 Å². The van der Waals surface area contributed by atoms with Crippen LogP contribution in [0.15, 0.2) is 23.3 Å². The molecule has 0 bridgehead atoms. The number of ether oxygens (including phenoxy) is 1. The second kappa shape index (κ2) is 5.49. The minimum atomic E-state index is -0.835. The fourth-order valence-electron chi connectivity index (χ4n) is 1.50. The number of carbonyl (C=O) groups is 2. The topological polar surface area (TPSA) is 63.6 Å². The lowest BCUT2D eigenvalue weighted by molar-refractivity contribution is -0.141. The summed E-state index contributed by atoms with van der Waals surface area (Å²) in [5.74, 6) is -1.69. The number of hydrogen-bond acceptors (Lipinski definition) is 3. The standard InChI is InChI=1S/C12H16O4/c1-8(2)3-4-10(12(14)15)5-9-6-11(13)16-7-9/h3,6,10H,4-5,7H2,1-2H3,(H,14,15)/t10-/m1/s1. The molecule has 1 rings (SSSR count). The van der Waals surface area contributed by atoms with Crippen LogP contribution in [0.4, 0.5) is 0 Å². The van der Waals surface area contributed by atoms with Gasteiger partial charge in [0.25, 0.3) is 0 Å². The Labute approximate surface area is 94.6 Å². The first-order valence-electron chi connectivity index (χ1n) is 5.21. The zero-order valence-electron chi connectivity index (χ0n) is 9.53. The molecule has 16 heavy (non-hydrogen) atoms. The predicted octanol–water partition coefficient (Wildman–Crippen LogP) is 1.92. The van der Waals surface area contributed by atoms with Crippen molar-refractivity contribution in [3.05, 3.63) is 23.3 Å². The molecule has 0 saturated heterocycles. The molecule has 1 aliphatic rings. The first-order chi connectivity index (χ1) is 7.49. The zero-order chi connectivity index (χ0) is 12.1. The second-order valence-electron chi connectivity index (χ2n) is 4.17. The number of carbonyl (C=O) groups excluding carboxylic acids is 1. The third-order valence-electron chi connectivity index (χ3n) is 2.39. The maximum Gasteiger partial charge on any atom is 0.331 e. The van der Waals surface area contributed by atoms with Gasteiger partial charge < -0.3 is 9.84 Å². The summed E-state index contributed by atoms with van der Waals surface area (Å²) >= 11 is 0. The van der Waals surface area contributed by atoms with Crippen LogP contribution in [-0.4, -0.2) is 23.7 Å². The summed E-state index contributed by atoms with van der Waals surface area (Å²) in [5.41, 5.74) is 1.86. The summed E-state index contributed by atoms with van der Waals surface area (Å²) in [6.45, 7) is 4.10. The molecule has 0 aromatic heterocycles. The Balaban J connectivity index is 2.58. The smallest absolute Gasteiger partial charge is 0.331 e. The summed E-state index contributed by atoms with van der Waals surface area (Å²) < 4.78 is 4.73. The van der Waals surface area contributed by atoms with Crippen molar-refractivity contribution in [2.24, 2.45) is 5.92 Å². The molecule has 0 radical (unpaired) electrons. The molecule has 1 aliphatic heterocycles. The van der Waals surface area contributed by atoms with Gasteiger partial charge in [-0.1, -0.05) is 11.6 Å². The van der Waals surface area contributed by atoms with Crippen molar-refractivity contribution in [1.82, 2.24) is 0 Å². The molecular formula is C12H16O4. The van der Waals surface area contributed by atoms with Crippen LogP contribution in [0.2, 0.25) is 0 Å². The lowest BCUT2D eigenvalue weighted by atomic mass is 9.96. The maximum absolute atomic E-state index is 11.0. The first-order valence-corrected chi connectivity index (χ1v) is 5.21. The van der Waals surface area contributed by atoms with E-state index in [1.54, 1.807) is 0 Å². The minimum absolute atomic E-state index is 0.234. The molecule has 4 nitrogen and oxygen atoms in total. The number of esters is 1. The molecule has 4 heteroatoms. The Bertz CT molecular complexity index is 348. The van der Waals surface area contributed by atoms with Crippen molar-refractivity contribution in [2.45, 2.75) is 26.7 Å². The van der Waals surface area contributed by atoms with Crippen LogP contribution >= 0.6 is 0 Å². The molecule has 1 heterocycles. The van der Waals surface area contributed by atoms with Gasteiger partial charge in [0.15, 0.2) is 0 Å². The van der Waals surface area contributed by atoms with Gasteiger partial charge in [-0.25, -0.2) is 4.79 Å². The van der Waals surface area contributed by atoms with E-state index in [0.29, 0.717) is 12.8 Å². The van der Waals surface area contributed by atoms with Crippen molar-refractivity contribution >= 4 is 11.9 Å². The number of carboxylic acids is 1. The highest BCUT2D eigenvalue weighted by atomic mass is 16.5. The third kappa shape index (κ3) is 3.88. The highest BCUT2D eigenvalue weighted by molar-refractivity contribution is 5.85.